The predicted octanol–water partition coefficient (Wildman–Crippen LogP) is 3.74. The molecule has 7 heteroatoms. The van der Waals surface area contributed by atoms with E-state index in [1.807, 2.05) is 31.2 Å². The molecule has 0 aliphatic carbocycles. The summed E-state index contributed by atoms with van der Waals surface area (Å²) in [7, 11) is 0. The van der Waals surface area contributed by atoms with E-state index in [1.54, 1.807) is 20.1 Å². The van der Waals surface area contributed by atoms with Crippen LogP contribution < -0.4 is 5.73 Å². The number of hydrogen-bond donors (Lipinski definition) is 1. The molecule has 0 unspecified atom stereocenters. The van der Waals surface area contributed by atoms with Crippen molar-refractivity contribution in [2.75, 3.05) is 18.9 Å². The van der Waals surface area contributed by atoms with E-state index in [0.29, 0.717) is 5.00 Å². The zero-order valence-electron chi connectivity index (χ0n) is 14.4. The summed E-state index contributed by atoms with van der Waals surface area (Å²) in [4.78, 5) is 28.8. The van der Waals surface area contributed by atoms with Gasteiger partial charge in [-0.25, -0.2) is 14.6 Å². The van der Waals surface area contributed by atoms with E-state index in [4.69, 9.17) is 15.2 Å². The minimum atomic E-state index is -0.656. The number of ether oxygens (including phenoxy) is 2. The van der Waals surface area contributed by atoms with Crippen molar-refractivity contribution in [2.45, 2.75) is 20.8 Å². The van der Waals surface area contributed by atoms with Crippen molar-refractivity contribution in [1.29, 1.82) is 0 Å². The van der Waals surface area contributed by atoms with Gasteiger partial charge < -0.3 is 15.2 Å². The van der Waals surface area contributed by atoms with Gasteiger partial charge in [0.2, 0.25) is 0 Å². The van der Waals surface area contributed by atoms with Gasteiger partial charge in [-0.3, -0.25) is 0 Å². The first-order valence-electron chi connectivity index (χ1n) is 7.85. The largest absolute Gasteiger partial charge is 0.462 e. The third kappa shape index (κ3) is 4.45. The molecule has 0 saturated carbocycles. The molecule has 0 radical (unpaired) electrons. The number of esters is 2. The second-order valence-electron chi connectivity index (χ2n) is 5.13. The Balaban J connectivity index is 2.45. The van der Waals surface area contributed by atoms with Crippen LogP contribution in [0.4, 0.5) is 10.0 Å². The highest BCUT2D eigenvalue weighted by Gasteiger charge is 2.29. The molecule has 0 aliphatic heterocycles. The maximum Gasteiger partial charge on any atom is 0.342 e. The summed E-state index contributed by atoms with van der Waals surface area (Å²) in [6.07, 6.45) is 1.61. The predicted molar refractivity (Wildman–Crippen MR) is 99.1 cm³/mol. The minimum Gasteiger partial charge on any atom is -0.462 e. The van der Waals surface area contributed by atoms with Crippen LogP contribution in [0.15, 0.2) is 29.3 Å². The second-order valence-corrected chi connectivity index (χ2v) is 6.16. The third-order valence-electron chi connectivity index (χ3n) is 3.28. The number of carbonyl (C=O) groups is 2. The fraction of sp³-hybridized carbons (Fsp3) is 0.278. The fourth-order valence-electron chi connectivity index (χ4n) is 2.11. The molecule has 0 spiro atoms. The van der Waals surface area contributed by atoms with Crippen LogP contribution in [0, 0.1) is 6.92 Å². The van der Waals surface area contributed by atoms with E-state index in [9.17, 15) is 9.59 Å². The number of anilines is 1. The molecule has 0 atom stereocenters. The molecule has 25 heavy (non-hydrogen) atoms. The van der Waals surface area contributed by atoms with Gasteiger partial charge in [-0.05, 0) is 26.3 Å². The average Bonchev–Trinajstić information content (AvgIpc) is 2.91. The lowest BCUT2D eigenvalue weighted by atomic mass is 10.1. The summed E-state index contributed by atoms with van der Waals surface area (Å²) < 4.78 is 10.0. The molecule has 2 N–H and O–H groups in total. The minimum absolute atomic E-state index is 0.0151. The van der Waals surface area contributed by atoms with Crippen LogP contribution in [0.2, 0.25) is 0 Å². The van der Waals surface area contributed by atoms with Gasteiger partial charge in [-0.2, -0.15) is 0 Å². The van der Waals surface area contributed by atoms with Crippen LogP contribution in [0.3, 0.4) is 0 Å². The number of carbonyl (C=O) groups excluding carboxylic acids is 2. The van der Waals surface area contributed by atoms with E-state index in [2.05, 4.69) is 4.99 Å². The van der Waals surface area contributed by atoms with Gasteiger partial charge in [0.05, 0.1) is 13.2 Å². The van der Waals surface area contributed by atoms with Gasteiger partial charge >= 0.3 is 11.9 Å². The number of nitrogens with two attached hydrogens (primary N) is 1. The van der Waals surface area contributed by atoms with E-state index >= 15 is 0 Å². The molecule has 1 aromatic heterocycles. The van der Waals surface area contributed by atoms with E-state index < -0.39 is 11.9 Å². The lowest BCUT2D eigenvalue weighted by Gasteiger charge is -2.05. The van der Waals surface area contributed by atoms with Gasteiger partial charge in [0.25, 0.3) is 0 Å². The average molecular weight is 360 g/mol. The fourth-order valence-corrected chi connectivity index (χ4v) is 3.00. The molecular formula is C18H20N2O4S. The number of aliphatic imine (C=N–C) groups is 1. The number of benzene rings is 1. The summed E-state index contributed by atoms with van der Waals surface area (Å²) in [6, 6.07) is 7.74. The third-order valence-corrected chi connectivity index (χ3v) is 4.21. The Morgan fingerprint density at radius 1 is 1.08 bits per heavy atom. The molecule has 6 nitrogen and oxygen atoms in total. The number of nitrogens with zero attached hydrogens (tertiary/aromatic N) is 1. The Hall–Kier alpha value is -2.67. The molecule has 132 valence electrons. The number of aryl methyl sites for hydroxylation is 1. The van der Waals surface area contributed by atoms with Crippen molar-refractivity contribution < 1.29 is 19.1 Å². The number of thiophene rings is 1. The molecule has 0 saturated heterocycles. The molecule has 0 bridgehead atoms. The van der Waals surface area contributed by atoms with Crippen molar-refractivity contribution in [3.8, 4) is 0 Å². The molecule has 1 aromatic carbocycles. The van der Waals surface area contributed by atoms with Crippen molar-refractivity contribution >= 4 is 39.5 Å². The molecule has 0 amide bonds. The number of hydrogen-bond acceptors (Lipinski definition) is 7. The van der Waals surface area contributed by atoms with Crippen molar-refractivity contribution in [3.63, 3.8) is 0 Å². The quantitative estimate of drug-likeness (QED) is 0.626. The van der Waals surface area contributed by atoms with E-state index in [1.165, 1.54) is 0 Å². The molecule has 2 rings (SSSR count). The number of rotatable bonds is 6. The first-order chi connectivity index (χ1) is 12.0. The maximum absolute atomic E-state index is 12.3. The van der Waals surface area contributed by atoms with Crippen molar-refractivity contribution in [3.05, 3.63) is 46.5 Å². The Kier molecular flexibility index (Phi) is 6.30. The summed E-state index contributed by atoms with van der Waals surface area (Å²) in [5, 5.41) is 0.497. The highest BCUT2D eigenvalue weighted by Crippen LogP contribution is 2.38. The summed E-state index contributed by atoms with van der Waals surface area (Å²) in [5.74, 6) is -1.30. The van der Waals surface area contributed by atoms with Crippen molar-refractivity contribution in [1.82, 2.24) is 0 Å². The van der Waals surface area contributed by atoms with Crippen molar-refractivity contribution in [2.24, 2.45) is 4.99 Å². The zero-order valence-corrected chi connectivity index (χ0v) is 15.2. The van der Waals surface area contributed by atoms with Gasteiger partial charge in [-0.1, -0.05) is 41.2 Å². The van der Waals surface area contributed by atoms with Gasteiger partial charge in [0.1, 0.15) is 21.1 Å². The molecule has 1 heterocycles. The van der Waals surface area contributed by atoms with Crippen LogP contribution in [0.25, 0.3) is 0 Å². The smallest absolute Gasteiger partial charge is 0.342 e. The summed E-state index contributed by atoms with van der Waals surface area (Å²) in [6.45, 7) is 5.72. The van der Waals surface area contributed by atoms with Crippen LogP contribution in [0.1, 0.15) is 45.7 Å². The first-order valence-corrected chi connectivity index (χ1v) is 8.66. The summed E-state index contributed by atoms with van der Waals surface area (Å²) >= 11 is 1.05. The number of nitrogen functional groups attached to an aromatic ring is 1. The topological polar surface area (TPSA) is 91.0 Å². The molecule has 2 aromatic rings. The first kappa shape index (κ1) is 18.7. The van der Waals surface area contributed by atoms with Crippen LogP contribution >= 0.6 is 11.3 Å². The lowest BCUT2D eigenvalue weighted by Crippen LogP contribution is -2.13. The van der Waals surface area contributed by atoms with E-state index in [0.717, 1.165) is 22.5 Å². The van der Waals surface area contributed by atoms with Gasteiger partial charge in [0.15, 0.2) is 0 Å². The highest BCUT2D eigenvalue weighted by molar-refractivity contribution is 7.20. The lowest BCUT2D eigenvalue weighted by molar-refractivity contribution is 0.0481. The Morgan fingerprint density at radius 2 is 1.64 bits per heavy atom. The highest BCUT2D eigenvalue weighted by atomic mass is 32.1. The second kappa shape index (κ2) is 8.43. The van der Waals surface area contributed by atoms with Gasteiger partial charge in [0, 0.05) is 6.21 Å². The van der Waals surface area contributed by atoms with Crippen LogP contribution in [-0.2, 0) is 9.47 Å². The monoisotopic (exact) mass is 360 g/mol. The SMILES string of the molecule is CCOC(=O)c1c(N)sc(N=Cc2ccc(C)cc2)c1C(=O)OCC. The van der Waals surface area contributed by atoms with Crippen LogP contribution in [-0.4, -0.2) is 31.4 Å². The zero-order chi connectivity index (χ0) is 18.4. The van der Waals surface area contributed by atoms with Crippen LogP contribution in [0.5, 0.6) is 0 Å². The molecule has 0 fully saturated rings. The van der Waals surface area contributed by atoms with Gasteiger partial charge in [-0.15, -0.1) is 0 Å². The summed E-state index contributed by atoms with van der Waals surface area (Å²) in [5.41, 5.74) is 7.99. The Bertz CT molecular complexity index is 794. The standard InChI is InChI=1S/C18H20N2O4S/c1-4-23-17(21)13-14(18(22)24-5-2)16(25-15(13)19)20-10-12-8-6-11(3)7-9-12/h6-10H,4-5,19H2,1-3H3. The van der Waals surface area contributed by atoms with E-state index in [-0.39, 0.29) is 29.3 Å². The maximum atomic E-state index is 12.3. The Labute approximate surface area is 150 Å². The molecular weight excluding hydrogens is 340 g/mol. The molecule has 0 aliphatic rings. The Morgan fingerprint density at radius 3 is 2.20 bits per heavy atom. The normalized spacial score (nSPS) is 10.8.